The normalized spacial score (nSPS) is 17.6. The number of benzene rings is 1. The zero-order valence-electron chi connectivity index (χ0n) is 11.8. The molecule has 20 heavy (non-hydrogen) atoms. The molecule has 0 spiro atoms. The van der Waals surface area contributed by atoms with Crippen LogP contribution in [0.15, 0.2) is 36.4 Å². The SMILES string of the molecule is C=C(C)C[C@@H](c1ccccc1[N+](=O)[O-])N1CCNCC1. The molecule has 1 aromatic rings. The summed E-state index contributed by atoms with van der Waals surface area (Å²) >= 11 is 0. The van der Waals surface area contributed by atoms with Crippen molar-refractivity contribution in [2.24, 2.45) is 0 Å². The molecule has 0 aliphatic carbocycles. The molecule has 5 heteroatoms. The molecule has 1 fully saturated rings. The first-order valence-corrected chi connectivity index (χ1v) is 6.92. The summed E-state index contributed by atoms with van der Waals surface area (Å²) in [5.41, 5.74) is 2.05. The van der Waals surface area contributed by atoms with E-state index in [0.29, 0.717) is 0 Å². The quantitative estimate of drug-likeness (QED) is 0.509. The molecule has 2 rings (SSSR count). The highest BCUT2D eigenvalue weighted by atomic mass is 16.6. The van der Waals surface area contributed by atoms with E-state index in [1.807, 2.05) is 19.1 Å². The summed E-state index contributed by atoms with van der Waals surface area (Å²) in [7, 11) is 0. The van der Waals surface area contributed by atoms with E-state index in [-0.39, 0.29) is 16.7 Å². The van der Waals surface area contributed by atoms with Gasteiger partial charge in [0.1, 0.15) is 0 Å². The van der Waals surface area contributed by atoms with Crippen molar-refractivity contribution in [2.75, 3.05) is 26.2 Å². The maximum absolute atomic E-state index is 11.2. The van der Waals surface area contributed by atoms with Gasteiger partial charge in [-0.25, -0.2) is 0 Å². The minimum Gasteiger partial charge on any atom is -0.314 e. The summed E-state index contributed by atoms with van der Waals surface area (Å²) in [6.45, 7) is 9.62. The summed E-state index contributed by atoms with van der Waals surface area (Å²) in [6, 6.07) is 7.08. The third-order valence-electron chi connectivity index (χ3n) is 3.63. The first-order valence-electron chi connectivity index (χ1n) is 6.92. The first-order chi connectivity index (χ1) is 9.59. The van der Waals surface area contributed by atoms with E-state index in [0.717, 1.165) is 43.7 Å². The standard InChI is InChI=1S/C15H21N3O2/c1-12(2)11-15(17-9-7-16-8-10-17)13-5-3-4-6-14(13)18(19)20/h3-6,15-16H,1,7-11H2,2H3/t15-/m0/s1. The highest BCUT2D eigenvalue weighted by Gasteiger charge is 2.27. The maximum atomic E-state index is 11.2. The summed E-state index contributed by atoms with van der Waals surface area (Å²) in [4.78, 5) is 13.3. The van der Waals surface area contributed by atoms with E-state index in [2.05, 4.69) is 16.8 Å². The average Bonchev–Trinajstić information content (AvgIpc) is 2.45. The largest absolute Gasteiger partial charge is 0.314 e. The van der Waals surface area contributed by atoms with Gasteiger partial charge in [0.2, 0.25) is 0 Å². The molecule has 1 atom stereocenters. The Balaban J connectivity index is 2.34. The van der Waals surface area contributed by atoms with Gasteiger partial charge in [-0.1, -0.05) is 23.8 Å². The zero-order valence-corrected chi connectivity index (χ0v) is 11.8. The van der Waals surface area contributed by atoms with Crippen molar-refractivity contribution in [3.8, 4) is 0 Å². The second kappa shape index (κ2) is 6.63. The predicted octanol–water partition coefficient (Wildman–Crippen LogP) is 2.51. The van der Waals surface area contributed by atoms with Crippen molar-refractivity contribution in [2.45, 2.75) is 19.4 Å². The van der Waals surface area contributed by atoms with Crippen molar-refractivity contribution in [1.82, 2.24) is 10.2 Å². The average molecular weight is 275 g/mol. The molecule has 0 bridgehead atoms. The number of nitrogens with zero attached hydrogens (tertiary/aromatic N) is 2. The third kappa shape index (κ3) is 3.43. The first kappa shape index (κ1) is 14.7. The number of hydrogen-bond donors (Lipinski definition) is 1. The monoisotopic (exact) mass is 275 g/mol. The topological polar surface area (TPSA) is 58.4 Å². The molecule has 0 unspecified atom stereocenters. The molecule has 1 N–H and O–H groups in total. The Labute approximate surface area is 119 Å². The highest BCUT2D eigenvalue weighted by Crippen LogP contribution is 2.33. The van der Waals surface area contributed by atoms with Gasteiger partial charge in [-0.15, -0.1) is 6.58 Å². The van der Waals surface area contributed by atoms with Gasteiger partial charge in [-0.05, 0) is 13.3 Å². The van der Waals surface area contributed by atoms with Gasteiger partial charge >= 0.3 is 0 Å². The molecule has 1 aliphatic heterocycles. The number of nitro benzene ring substituents is 1. The summed E-state index contributed by atoms with van der Waals surface area (Å²) < 4.78 is 0. The second-order valence-corrected chi connectivity index (χ2v) is 5.28. The van der Waals surface area contributed by atoms with E-state index in [9.17, 15) is 10.1 Å². The second-order valence-electron chi connectivity index (χ2n) is 5.28. The van der Waals surface area contributed by atoms with E-state index < -0.39 is 0 Å². The molecule has 0 amide bonds. The fraction of sp³-hybridized carbons (Fsp3) is 0.467. The van der Waals surface area contributed by atoms with E-state index in [4.69, 9.17) is 0 Å². The molecular weight excluding hydrogens is 254 g/mol. The molecule has 1 heterocycles. The van der Waals surface area contributed by atoms with Crippen LogP contribution >= 0.6 is 0 Å². The third-order valence-corrected chi connectivity index (χ3v) is 3.63. The molecule has 5 nitrogen and oxygen atoms in total. The predicted molar refractivity (Wildman–Crippen MR) is 79.7 cm³/mol. The Morgan fingerprint density at radius 2 is 2.10 bits per heavy atom. The lowest BCUT2D eigenvalue weighted by molar-refractivity contribution is -0.386. The fourth-order valence-electron chi connectivity index (χ4n) is 2.70. The highest BCUT2D eigenvalue weighted by molar-refractivity contribution is 5.42. The summed E-state index contributed by atoms with van der Waals surface area (Å²) in [5.74, 6) is 0. The van der Waals surface area contributed by atoms with Crippen LogP contribution in [0.4, 0.5) is 5.69 Å². The number of nitrogens with one attached hydrogen (secondary N) is 1. The van der Waals surface area contributed by atoms with Crippen molar-refractivity contribution in [3.63, 3.8) is 0 Å². The lowest BCUT2D eigenvalue weighted by atomic mass is 9.96. The Kier molecular flexibility index (Phi) is 4.87. The zero-order chi connectivity index (χ0) is 14.5. The minimum absolute atomic E-state index is 0.0381. The van der Waals surface area contributed by atoms with Crippen molar-refractivity contribution in [1.29, 1.82) is 0 Å². The van der Waals surface area contributed by atoms with Crippen LogP contribution < -0.4 is 5.32 Å². The number of rotatable bonds is 5. The number of hydrogen-bond acceptors (Lipinski definition) is 4. The molecule has 1 saturated heterocycles. The van der Waals surface area contributed by atoms with Gasteiger partial charge in [0.15, 0.2) is 0 Å². The summed E-state index contributed by atoms with van der Waals surface area (Å²) in [6.07, 6.45) is 0.755. The van der Waals surface area contributed by atoms with E-state index in [1.165, 1.54) is 0 Å². The number of nitro groups is 1. The minimum atomic E-state index is -0.289. The Hall–Kier alpha value is -1.72. The Morgan fingerprint density at radius 3 is 2.70 bits per heavy atom. The van der Waals surface area contributed by atoms with Crippen LogP contribution in [0, 0.1) is 10.1 Å². The van der Waals surface area contributed by atoms with E-state index >= 15 is 0 Å². The Bertz CT molecular complexity index is 496. The fourth-order valence-corrected chi connectivity index (χ4v) is 2.70. The van der Waals surface area contributed by atoms with Crippen molar-refractivity contribution in [3.05, 3.63) is 52.1 Å². The van der Waals surface area contributed by atoms with E-state index in [1.54, 1.807) is 12.1 Å². The Morgan fingerprint density at radius 1 is 1.45 bits per heavy atom. The van der Waals surface area contributed by atoms with Crippen LogP contribution in [-0.4, -0.2) is 36.0 Å². The molecule has 108 valence electrons. The van der Waals surface area contributed by atoms with Gasteiger partial charge in [0.05, 0.1) is 4.92 Å². The molecule has 0 saturated carbocycles. The van der Waals surface area contributed by atoms with Crippen LogP contribution in [0.5, 0.6) is 0 Å². The van der Waals surface area contributed by atoms with Crippen LogP contribution in [0.3, 0.4) is 0 Å². The smallest absolute Gasteiger partial charge is 0.274 e. The van der Waals surface area contributed by atoms with Crippen molar-refractivity contribution < 1.29 is 4.92 Å². The summed E-state index contributed by atoms with van der Waals surface area (Å²) in [5, 5.41) is 14.6. The maximum Gasteiger partial charge on any atom is 0.274 e. The molecule has 0 aromatic heterocycles. The van der Waals surface area contributed by atoms with Crippen LogP contribution in [0.25, 0.3) is 0 Å². The van der Waals surface area contributed by atoms with Gasteiger partial charge in [0.25, 0.3) is 5.69 Å². The van der Waals surface area contributed by atoms with Crippen LogP contribution in [0.1, 0.15) is 24.9 Å². The van der Waals surface area contributed by atoms with Gasteiger partial charge in [-0.3, -0.25) is 15.0 Å². The van der Waals surface area contributed by atoms with Crippen LogP contribution in [-0.2, 0) is 0 Å². The van der Waals surface area contributed by atoms with Crippen molar-refractivity contribution >= 4 is 5.69 Å². The lowest BCUT2D eigenvalue weighted by Gasteiger charge is -2.35. The molecule has 1 aromatic carbocycles. The number of piperazine rings is 1. The van der Waals surface area contributed by atoms with Crippen LogP contribution in [0.2, 0.25) is 0 Å². The van der Waals surface area contributed by atoms with Gasteiger partial charge in [-0.2, -0.15) is 0 Å². The van der Waals surface area contributed by atoms with Gasteiger partial charge < -0.3 is 5.32 Å². The molecule has 0 radical (unpaired) electrons. The lowest BCUT2D eigenvalue weighted by Crippen LogP contribution is -2.45. The van der Waals surface area contributed by atoms with Gasteiger partial charge in [0, 0.05) is 43.9 Å². The number of para-hydroxylation sites is 1. The molecule has 1 aliphatic rings. The molecular formula is C15H21N3O2.